The lowest BCUT2D eigenvalue weighted by Crippen LogP contribution is -2.41. The zero-order valence-corrected chi connectivity index (χ0v) is 23.0. The first kappa shape index (κ1) is 26.0. The Kier molecular flexibility index (Phi) is 7.24. The third-order valence-corrected chi connectivity index (χ3v) is 8.87. The van der Waals surface area contributed by atoms with Crippen LogP contribution in [0.3, 0.4) is 0 Å². The lowest BCUT2D eigenvalue weighted by atomic mass is 10.0. The van der Waals surface area contributed by atoms with E-state index in [-0.39, 0.29) is 4.90 Å². The number of anilines is 5. The summed E-state index contributed by atoms with van der Waals surface area (Å²) in [5, 5.41) is 7.27. The molecule has 11 heteroatoms. The van der Waals surface area contributed by atoms with Gasteiger partial charge >= 0.3 is 0 Å². The fourth-order valence-electron chi connectivity index (χ4n) is 4.74. The smallest absolute Gasteiger partial charge is 0.244 e. The van der Waals surface area contributed by atoms with Gasteiger partial charge in [0.2, 0.25) is 16.0 Å². The summed E-state index contributed by atoms with van der Waals surface area (Å²) in [7, 11) is 3.68. The first-order valence-electron chi connectivity index (χ1n) is 12.6. The third-order valence-electron chi connectivity index (χ3n) is 7.00. The van der Waals surface area contributed by atoms with Crippen molar-refractivity contribution in [2.75, 3.05) is 56.8 Å². The molecule has 0 atom stereocenters. The average Bonchev–Trinajstić information content (AvgIpc) is 3.38. The minimum absolute atomic E-state index is 0.173. The summed E-state index contributed by atoms with van der Waals surface area (Å²) >= 11 is 0. The van der Waals surface area contributed by atoms with Crippen LogP contribution < -0.4 is 15.5 Å². The fraction of sp³-hybridized carbons (Fsp3) is 0.333. The molecule has 3 heterocycles. The number of aromatic nitrogens is 3. The number of piperidine rings is 1. The quantitative estimate of drug-likeness (QED) is 0.308. The summed E-state index contributed by atoms with van der Waals surface area (Å²) in [5.41, 5.74) is 3.15. The summed E-state index contributed by atoms with van der Waals surface area (Å²) in [5.74, 6) is 0.899. The summed E-state index contributed by atoms with van der Waals surface area (Å²) in [6.45, 7) is 2.09. The van der Waals surface area contributed by atoms with Gasteiger partial charge in [0.25, 0.3) is 0 Å². The van der Waals surface area contributed by atoms with E-state index in [0.29, 0.717) is 29.1 Å². The van der Waals surface area contributed by atoms with Crippen LogP contribution in [0.15, 0.2) is 65.7 Å². The van der Waals surface area contributed by atoms with Gasteiger partial charge in [0.15, 0.2) is 0 Å². The lowest BCUT2D eigenvalue weighted by molar-refractivity contribution is 0.249. The van der Waals surface area contributed by atoms with Crippen LogP contribution >= 0.6 is 0 Å². The van der Waals surface area contributed by atoms with Crippen LogP contribution in [0.1, 0.15) is 12.8 Å². The van der Waals surface area contributed by atoms with E-state index in [4.69, 9.17) is 4.98 Å². The largest absolute Gasteiger partial charge is 0.371 e. The molecule has 0 aliphatic carbocycles. The predicted molar refractivity (Wildman–Crippen MR) is 153 cm³/mol. The van der Waals surface area contributed by atoms with E-state index in [1.54, 1.807) is 30.5 Å². The van der Waals surface area contributed by atoms with Crippen molar-refractivity contribution in [1.29, 1.82) is 0 Å². The monoisotopic (exact) mass is 534 g/mol. The fourth-order valence-corrected chi connectivity index (χ4v) is 5.78. The Morgan fingerprint density at radius 3 is 2.32 bits per heavy atom. The van der Waals surface area contributed by atoms with Crippen LogP contribution in [0.5, 0.6) is 0 Å². The predicted octanol–water partition coefficient (Wildman–Crippen LogP) is 4.23. The normalized spacial score (nSPS) is 14.9. The topological polar surface area (TPSA) is 109 Å². The van der Waals surface area contributed by atoms with Crippen LogP contribution in [0, 0.1) is 0 Å². The van der Waals surface area contributed by atoms with E-state index in [9.17, 15) is 8.42 Å². The first-order valence-corrected chi connectivity index (χ1v) is 14.1. The molecule has 2 aromatic heterocycles. The van der Waals surface area contributed by atoms with Crippen molar-refractivity contribution < 1.29 is 8.42 Å². The minimum Gasteiger partial charge on any atom is -0.371 e. The molecule has 4 aromatic rings. The highest BCUT2D eigenvalue weighted by Gasteiger charge is 2.23. The number of aromatic amines is 1. The molecular weight excluding hydrogens is 500 g/mol. The van der Waals surface area contributed by atoms with E-state index >= 15 is 0 Å². The molecule has 3 N–H and O–H groups in total. The molecule has 0 saturated carbocycles. The Hall–Kier alpha value is -3.67. The second-order valence-corrected chi connectivity index (χ2v) is 12.0. The van der Waals surface area contributed by atoms with Crippen molar-refractivity contribution in [2.24, 2.45) is 0 Å². The summed E-state index contributed by atoms with van der Waals surface area (Å²) < 4.78 is 27.0. The Balaban J connectivity index is 1.37. The maximum Gasteiger partial charge on any atom is 0.244 e. The van der Waals surface area contributed by atoms with Gasteiger partial charge in [-0.2, -0.15) is 9.97 Å². The van der Waals surface area contributed by atoms with Gasteiger partial charge in [0.05, 0.1) is 11.1 Å². The molecule has 0 unspecified atom stereocenters. The van der Waals surface area contributed by atoms with Crippen molar-refractivity contribution >= 4 is 49.9 Å². The van der Waals surface area contributed by atoms with Crippen LogP contribution in [0.4, 0.5) is 28.8 Å². The Morgan fingerprint density at radius 2 is 1.63 bits per heavy atom. The van der Waals surface area contributed by atoms with Gasteiger partial charge in [-0.25, -0.2) is 12.7 Å². The second kappa shape index (κ2) is 10.6. The standard InChI is InChI=1S/C27H34N8O2S/c1-33(2)20-14-17-35(18-15-20)21-11-9-19(10-12-21)29-27-31-25-22(13-16-28-25)26(32-27)30-23-7-5-6-8-24(23)38(36,37)34(3)4/h5-13,16,20H,14-15,17-18H2,1-4H3,(H3,28,29,30,31,32). The number of rotatable bonds is 8. The number of benzene rings is 2. The van der Waals surface area contributed by atoms with Gasteiger partial charge in [0, 0.05) is 50.8 Å². The van der Waals surface area contributed by atoms with Gasteiger partial charge < -0.3 is 25.4 Å². The van der Waals surface area contributed by atoms with Crippen molar-refractivity contribution in [3.05, 3.63) is 60.8 Å². The highest BCUT2D eigenvalue weighted by atomic mass is 32.2. The number of sulfonamides is 1. The summed E-state index contributed by atoms with van der Waals surface area (Å²) in [6.07, 6.45) is 4.10. The van der Waals surface area contributed by atoms with E-state index < -0.39 is 10.0 Å². The number of fused-ring (bicyclic) bond motifs is 1. The molecule has 200 valence electrons. The maximum atomic E-state index is 12.9. The summed E-state index contributed by atoms with van der Waals surface area (Å²) in [4.78, 5) is 17.3. The number of hydrogen-bond donors (Lipinski definition) is 3. The van der Waals surface area contributed by atoms with E-state index in [0.717, 1.165) is 37.0 Å². The molecule has 1 fully saturated rings. The van der Waals surface area contributed by atoms with Crippen LogP contribution in [-0.4, -0.2) is 79.9 Å². The Morgan fingerprint density at radius 1 is 0.921 bits per heavy atom. The molecule has 2 aromatic carbocycles. The Labute approximate surface area is 223 Å². The van der Waals surface area contributed by atoms with Crippen molar-refractivity contribution in [3.8, 4) is 0 Å². The number of H-pyrrole nitrogens is 1. The van der Waals surface area contributed by atoms with Gasteiger partial charge in [0.1, 0.15) is 16.4 Å². The zero-order chi connectivity index (χ0) is 26.9. The molecule has 0 spiro atoms. The van der Waals surface area contributed by atoms with E-state index in [1.807, 2.05) is 18.2 Å². The van der Waals surface area contributed by atoms with Gasteiger partial charge in [-0.3, -0.25) is 0 Å². The second-order valence-electron chi connectivity index (χ2n) is 9.90. The van der Waals surface area contributed by atoms with Crippen LogP contribution in [0.25, 0.3) is 11.0 Å². The molecule has 1 aliphatic heterocycles. The van der Waals surface area contributed by atoms with Crippen molar-refractivity contribution in [1.82, 2.24) is 24.2 Å². The average molecular weight is 535 g/mol. The minimum atomic E-state index is -3.65. The number of nitrogens with one attached hydrogen (secondary N) is 3. The molecular formula is C27H34N8O2S. The summed E-state index contributed by atoms with van der Waals surface area (Å²) in [6, 6.07) is 17.6. The van der Waals surface area contributed by atoms with Crippen LogP contribution in [-0.2, 0) is 10.0 Å². The van der Waals surface area contributed by atoms with Gasteiger partial charge in [-0.1, -0.05) is 12.1 Å². The van der Waals surface area contributed by atoms with Crippen LogP contribution in [0.2, 0.25) is 0 Å². The lowest BCUT2D eigenvalue weighted by Gasteiger charge is -2.36. The first-order chi connectivity index (χ1) is 18.2. The van der Waals surface area contributed by atoms with Crippen molar-refractivity contribution in [3.63, 3.8) is 0 Å². The molecule has 0 radical (unpaired) electrons. The number of para-hydroxylation sites is 1. The number of hydrogen-bond acceptors (Lipinski definition) is 8. The molecule has 5 rings (SSSR count). The molecule has 0 amide bonds. The molecule has 0 bridgehead atoms. The Bertz CT molecular complexity index is 1510. The number of nitrogens with zero attached hydrogens (tertiary/aromatic N) is 5. The highest BCUT2D eigenvalue weighted by molar-refractivity contribution is 7.89. The molecule has 1 aliphatic rings. The highest BCUT2D eigenvalue weighted by Crippen LogP contribution is 2.31. The third kappa shape index (κ3) is 5.31. The molecule has 38 heavy (non-hydrogen) atoms. The zero-order valence-electron chi connectivity index (χ0n) is 22.1. The van der Waals surface area contributed by atoms with Gasteiger partial charge in [-0.15, -0.1) is 0 Å². The maximum absolute atomic E-state index is 12.9. The van der Waals surface area contributed by atoms with E-state index in [2.05, 4.69) is 56.6 Å². The van der Waals surface area contributed by atoms with E-state index in [1.165, 1.54) is 24.1 Å². The van der Waals surface area contributed by atoms with Gasteiger partial charge in [-0.05, 0) is 69.4 Å². The molecule has 1 saturated heterocycles. The SMILES string of the molecule is CN(C)C1CCN(c2ccc(Nc3nc(Nc4ccccc4S(=O)(=O)N(C)C)c4cc[nH]c4n3)cc2)CC1. The van der Waals surface area contributed by atoms with Crippen molar-refractivity contribution in [2.45, 2.75) is 23.8 Å². The molecule has 10 nitrogen and oxygen atoms in total.